The number of methoxy groups -OCH3 is 2. The van der Waals surface area contributed by atoms with E-state index >= 15 is 0 Å². The summed E-state index contributed by atoms with van der Waals surface area (Å²) >= 11 is 1.27. The predicted molar refractivity (Wildman–Crippen MR) is 151 cm³/mol. The van der Waals surface area contributed by atoms with Crippen molar-refractivity contribution in [1.82, 2.24) is 4.57 Å². The molecule has 204 valence electrons. The number of hydrogen-bond acceptors (Lipinski definition) is 8. The quantitative estimate of drug-likeness (QED) is 0.264. The van der Waals surface area contributed by atoms with Crippen molar-refractivity contribution >= 4 is 23.4 Å². The standard InChI is InChI=1S/C30H32N2O6S/c1-6-10-23-26(29(34)37-8-3)27(22-18-20(35-4)13-14-24(22)36-5)32-28(33)25(39-30(32)31-23)17-19-11-9-12-21(16-19)38-15-7-2/h7,9,11-14,16-18,27H,2,6,8,10,15H2,1,3-5H3/b25-17-/t27-/m0/s1. The summed E-state index contributed by atoms with van der Waals surface area (Å²) in [7, 11) is 3.12. The van der Waals surface area contributed by atoms with E-state index in [9.17, 15) is 9.59 Å². The molecule has 3 aromatic rings. The molecule has 2 heterocycles. The van der Waals surface area contributed by atoms with E-state index < -0.39 is 12.0 Å². The highest BCUT2D eigenvalue weighted by Crippen LogP contribution is 2.38. The minimum absolute atomic E-state index is 0.193. The van der Waals surface area contributed by atoms with Crippen molar-refractivity contribution in [1.29, 1.82) is 0 Å². The van der Waals surface area contributed by atoms with Crippen LogP contribution in [0.4, 0.5) is 0 Å². The van der Waals surface area contributed by atoms with Gasteiger partial charge in [0.25, 0.3) is 5.56 Å². The Morgan fingerprint density at radius 1 is 1.13 bits per heavy atom. The molecule has 0 fully saturated rings. The second-order valence-electron chi connectivity index (χ2n) is 8.69. The van der Waals surface area contributed by atoms with Crippen molar-refractivity contribution in [2.45, 2.75) is 32.7 Å². The van der Waals surface area contributed by atoms with E-state index in [0.717, 1.165) is 12.0 Å². The Hall–Kier alpha value is -4.11. The highest BCUT2D eigenvalue weighted by atomic mass is 32.1. The summed E-state index contributed by atoms with van der Waals surface area (Å²) in [6.07, 6.45) is 4.78. The molecular formula is C30H32N2O6S. The minimum Gasteiger partial charge on any atom is -0.497 e. The number of rotatable bonds is 11. The van der Waals surface area contributed by atoms with Gasteiger partial charge in [-0.25, -0.2) is 9.79 Å². The molecule has 0 N–H and O–H groups in total. The van der Waals surface area contributed by atoms with E-state index in [0.29, 0.717) is 56.4 Å². The van der Waals surface area contributed by atoms with Crippen LogP contribution in [-0.2, 0) is 9.53 Å². The maximum Gasteiger partial charge on any atom is 0.338 e. The van der Waals surface area contributed by atoms with Gasteiger partial charge in [0.1, 0.15) is 29.9 Å². The van der Waals surface area contributed by atoms with E-state index in [1.807, 2.05) is 31.2 Å². The fraction of sp³-hybridized carbons (Fsp3) is 0.300. The lowest BCUT2D eigenvalue weighted by Gasteiger charge is -2.27. The molecule has 1 aliphatic heterocycles. The summed E-state index contributed by atoms with van der Waals surface area (Å²) < 4.78 is 24.3. The summed E-state index contributed by atoms with van der Waals surface area (Å²) in [5.41, 5.74) is 2.05. The summed E-state index contributed by atoms with van der Waals surface area (Å²) in [6.45, 7) is 8.02. The first-order valence-electron chi connectivity index (χ1n) is 12.7. The van der Waals surface area contributed by atoms with Gasteiger partial charge in [0, 0.05) is 5.56 Å². The highest BCUT2D eigenvalue weighted by Gasteiger charge is 2.36. The maximum atomic E-state index is 14.0. The second-order valence-corrected chi connectivity index (χ2v) is 9.70. The van der Waals surface area contributed by atoms with E-state index in [2.05, 4.69) is 6.58 Å². The average molecular weight is 549 g/mol. The van der Waals surface area contributed by atoms with Gasteiger partial charge in [-0.1, -0.05) is 49.5 Å². The smallest absolute Gasteiger partial charge is 0.338 e. The third-order valence-electron chi connectivity index (χ3n) is 6.15. The van der Waals surface area contributed by atoms with E-state index in [1.54, 1.807) is 56.1 Å². The topological polar surface area (TPSA) is 88.3 Å². The van der Waals surface area contributed by atoms with E-state index in [4.69, 9.17) is 23.9 Å². The number of fused-ring (bicyclic) bond motifs is 1. The van der Waals surface area contributed by atoms with Crippen LogP contribution in [-0.4, -0.2) is 38.0 Å². The molecule has 0 radical (unpaired) electrons. The molecule has 0 saturated heterocycles. The third kappa shape index (κ3) is 5.83. The van der Waals surface area contributed by atoms with Gasteiger partial charge in [-0.3, -0.25) is 9.36 Å². The van der Waals surface area contributed by atoms with Crippen LogP contribution in [0.25, 0.3) is 6.08 Å². The summed E-state index contributed by atoms with van der Waals surface area (Å²) in [5, 5.41) is 0. The first-order chi connectivity index (χ1) is 18.9. The lowest BCUT2D eigenvalue weighted by atomic mass is 9.93. The third-order valence-corrected chi connectivity index (χ3v) is 7.13. The number of nitrogens with zero attached hydrogens (tertiary/aromatic N) is 2. The van der Waals surface area contributed by atoms with Gasteiger partial charge >= 0.3 is 5.97 Å². The molecular weight excluding hydrogens is 516 g/mol. The molecule has 1 aromatic heterocycles. The van der Waals surface area contributed by atoms with Crippen LogP contribution < -0.4 is 29.1 Å². The van der Waals surface area contributed by atoms with Crippen LogP contribution >= 0.6 is 11.3 Å². The Morgan fingerprint density at radius 2 is 1.95 bits per heavy atom. The molecule has 8 nitrogen and oxygen atoms in total. The molecule has 0 spiro atoms. The van der Waals surface area contributed by atoms with Crippen molar-refractivity contribution in [3.63, 3.8) is 0 Å². The zero-order chi connectivity index (χ0) is 27.9. The summed E-state index contributed by atoms with van der Waals surface area (Å²) in [6, 6.07) is 12.0. The van der Waals surface area contributed by atoms with Gasteiger partial charge in [0.15, 0.2) is 4.80 Å². The lowest BCUT2D eigenvalue weighted by molar-refractivity contribution is -0.139. The molecule has 1 atom stereocenters. The second kappa shape index (κ2) is 12.6. The number of ether oxygens (including phenoxy) is 4. The van der Waals surface area contributed by atoms with Gasteiger partial charge in [-0.15, -0.1) is 0 Å². The van der Waals surface area contributed by atoms with E-state index in [1.165, 1.54) is 11.3 Å². The SMILES string of the molecule is C=CCOc1cccc(/C=c2\sc3n(c2=O)[C@@H](c2cc(OC)ccc2OC)C(C(=O)OCC)=C(CCC)N=3)c1. The largest absolute Gasteiger partial charge is 0.497 e. The Bertz CT molecular complexity index is 1580. The molecule has 4 rings (SSSR count). The number of carbonyl (C=O) groups is 1. The zero-order valence-corrected chi connectivity index (χ0v) is 23.4. The fourth-order valence-corrected chi connectivity index (χ4v) is 5.49. The number of allylic oxidation sites excluding steroid dienone is 1. The van der Waals surface area contributed by atoms with Crippen LogP contribution in [0.15, 0.2) is 76.2 Å². The molecule has 1 aliphatic rings. The summed E-state index contributed by atoms with van der Waals surface area (Å²) in [5.74, 6) is 1.25. The van der Waals surface area contributed by atoms with Gasteiger partial charge in [0.2, 0.25) is 0 Å². The zero-order valence-electron chi connectivity index (χ0n) is 22.6. The molecule has 0 saturated carbocycles. The number of benzene rings is 2. The molecule has 0 unspecified atom stereocenters. The number of esters is 1. The molecule has 0 amide bonds. The molecule has 2 aromatic carbocycles. The van der Waals surface area contributed by atoms with Crippen molar-refractivity contribution in [2.75, 3.05) is 27.4 Å². The van der Waals surface area contributed by atoms with Gasteiger partial charge < -0.3 is 18.9 Å². The van der Waals surface area contributed by atoms with Gasteiger partial charge in [-0.2, -0.15) is 0 Å². The number of aromatic nitrogens is 1. The Kier molecular flexibility index (Phi) is 9.03. The predicted octanol–water partition coefficient (Wildman–Crippen LogP) is 4.16. The van der Waals surface area contributed by atoms with Crippen molar-refractivity contribution in [3.05, 3.63) is 97.2 Å². The van der Waals surface area contributed by atoms with Crippen molar-refractivity contribution < 1.29 is 23.7 Å². The van der Waals surface area contributed by atoms with Gasteiger partial charge in [-0.05, 0) is 55.3 Å². The van der Waals surface area contributed by atoms with Crippen molar-refractivity contribution in [3.8, 4) is 17.2 Å². The Balaban J connectivity index is 1.99. The molecule has 0 aliphatic carbocycles. The van der Waals surface area contributed by atoms with Crippen LogP contribution in [0.1, 0.15) is 43.9 Å². The average Bonchev–Trinajstić information content (AvgIpc) is 3.25. The molecule has 39 heavy (non-hydrogen) atoms. The van der Waals surface area contributed by atoms with E-state index in [-0.39, 0.29) is 12.2 Å². The number of hydrogen-bond donors (Lipinski definition) is 0. The summed E-state index contributed by atoms with van der Waals surface area (Å²) in [4.78, 5) is 32.7. The van der Waals surface area contributed by atoms with Crippen LogP contribution in [0.2, 0.25) is 0 Å². The monoisotopic (exact) mass is 548 g/mol. The Morgan fingerprint density at radius 3 is 2.64 bits per heavy atom. The van der Waals surface area contributed by atoms with Crippen molar-refractivity contribution in [2.24, 2.45) is 4.99 Å². The normalized spacial score (nSPS) is 14.9. The van der Waals surface area contributed by atoms with Crippen LogP contribution in [0, 0.1) is 0 Å². The van der Waals surface area contributed by atoms with Crippen LogP contribution in [0.5, 0.6) is 17.2 Å². The first kappa shape index (κ1) is 27.9. The van der Waals surface area contributed by atoms with Crippen LogP contribution in [0.3, 0.4) is 0 Å². The molecule has 9 heteroatoms. The highest BCUT2D eigenvalue weighted by molar-refractivity contribution is 7.07. The fourth-order valence-electron chi connectivity index (χ4n) is 4.47. The lowest BCUT2D eigenvalue weighted by Crippen LogP contribution is -2.40. The number of carbonyl (C=O) groups excluding carboxylic acids is 1. The minimum atomic E-state index is -0.809. The van der Waals surface area contributed by atoms with Gasteiger partial charge in [0.05, 0.1) is 36.6 Å². The first-order valence-corrected chi connectivity index (χ1v) is 13.5. The maximum absolute atomic E-state index is 14.0. The molecule has 0 bridgehead atoms. The number of thiazole rings is 1. The Labute approximate surface area is 231 Å².